The standard InChI is InChI=1S/C17H22N4OS/c1-11(2)16-14-15(13-6-4-5-8-18-13)20-21(3)17(14)19-10-12(23-16)7-9-22/h4-6,8,12,16,19,22H,1,7,9-10H2,2-3H3/t12-,16-/m0/s1. The van der Waals surface area contributed by atoms with Gasteiger partial charge in [0.1, 0.15) is 11.5 Å². The van der Waals surface area contributed by atoms with Crippen LogP contribution < -0.4 is 5.32 Å². The fraction of sp³-hybridized carbons (Fsp3) is 0.412. The smallest absolute Gasteiger partial charge is 0.129 e. The van der Waals surface area contributed by atoms with Crippen LogP contribution in [0.15, 0.2) is 36.5 Å². The van der Waals surface area contributed by atoms with Crippen molar-refractivity contribution in [2.24, 2.45) is 7.05 Å². The highest BCUT2D eigenvalue weighted by Gasteiger charge is 2.31. The Morgan fingerprint density at radius 2 is 2.35 bits per heavy atom. The average Bonchev–Trinajstić information content (AvgIpc) is 2.75. The number of aryl methyl sites for hydroxylation is 1. The minimum atomic E-state index is 0.141. The number of aliphatic hydroxyl groups excluding tert-OH is 1. The average molecular weight is 330 g/mol. The third kappa shape index (κ3) is 3.14. The van der Waals surface area contributed by atoms with E-state index in [9.17, 15) is 5.11 Å². The van der Waals surface area contributed by atoms with Gasteiger partial charge in [0.2, 0.25) is 0 Å². The van der Waals surface area contributed by atoms with Gasteiger partial charge in [0.05, 0.1) is 10.9 Å². The van der Waals surface area contributed by atoms with Crippen molar-refractivity contribution in [2.45, 2.75) is 23.8 Å². The van der Waals surface area contributed by atoms with Crippen LogP contribution in [0.5, 0.6) is 0 Å². The SMILES string of the molecule is C=C(C)[C@@H]1S[C@@H](CCO)CNc2c1c(-c1ccccn1)nn2C. The van der Waals surface area contributed by atoms with Crippen LogP contribution in [-0.2, 0) is 7.05 Å². The molecule has 2 aromatic heterocycles. The number of nitrogens with one attached hydrogen (secondary N) is 1. The Bertz CT molecular complexity index is 698. The van der Waals surface area contributed by atoms with Gasteiger partial charge in [-0.15, -0.1) is 11.8 Å². The second-order valence-corrected chi connectivity index (χ2v) is 7.24. The van der Waals surface area contributed by atoms with Crippen LogP contribution in [0.3, 0.4) is 0 Å². The largest absolute Gasteiger partial charge is 0.396 e. The lowest BCUT2D eigenvalue weighted by Crippen LogP contribution is -2.18. The molecule has 1 aliphatic heterocycles. The van der Waals surface area contributed by atoms with Gasteiger partial charge < -0.3 is 10.4 Å². The predicted octanol–water partition coefficient (Wildman–Crippen LogP) is 3.01. The molecule has 1 aliphatic rings. The summed E-state index contributed by atoms with van der Waals surface area (Å²) in [4.78, 5) is 4.47. The highest BCUT2D eigenvalue weighted by Crippen LogP contribution is 2.47. The van der Waals surface area contributed by atoms with E-state index < -0.39 is 0 Å². The summed E-state index contributed by atoms with van der Waals surface area (Å²) in [6.45, 7) is 7.25. The second kappa shape index (κ2) is 6.76. The Morgan fingerprint density at radius 1 is 1.52 bits per heavy atom. The monoisotopic (exact) mass is 330 g/mol. The van der Waals surface area contributed by atoms with Gasteiger partial charge >= 0.3 is 0 Å². The van der Waals surface area contributed by atoms with E-state index in [0.29, 0.717) is 5.25 Å². The van der Waals surface area contributed by atoms with Crippen molar-refractivity contribution in [1.29, 1.82) is 0 Å². The number of nitrogens with zero attached hydrogens (tertiary/aromatic N) is 3. The lowest BCUT2D eigenvalue weighted by molar-refractivity contribution is 0.288. The number of aromatic nitrogens is 3. The first-order chi connectivity index (χ1) is 11.1. The number of rotatable bonds is 4. The maximum Gasteiger partial charge on any atom is 0.129 e. The number of fused-ring (bicyclic) bond motifs is 1. The summed E-state index contributed by atoms with van der Waals surface area (Å²) in [5.41, 5.74) is 4.01. The van der Waals surface area contributed by atoms with Gasteiger partial charge in [-0.2, -0.15) is 5.10 Å². The van der Waals surface area contributed by atoms with Gasteiger partial charge in [0, 0.05) is 37.2 Å². The Balaban J connectivity index is 2.10. The van der Waals surface area contributed by atoms with Crippen molar-refractivity contribution in [3.05, 3.63) is 42.1 Å². The van der Waals surface area contributed by atoms with Crippen molar-refractivity contribution in [2.75, 3.05) is 18.5 Å². The summed E-state index contributed by atoms with van der Waals surface area (Å²) in [6.07, 6.45) is 2.56. The number of aliphatic hydroxyl groups is 1. The Kier molecular flexibility index (Phi) is 4.73. The lowest BCUT2D eigenvalue weighted by atomic mass is 10.0. The van der Waals surface area contributed by atoms with Crippen molar-refractivity contribution in [1.82, 2.24) is 14.8 Å². The third-order valence-electron chi connectivity index (χ3n) is 3.98. The highest BCUT2D eigenvalue weighted by atomic mass is 32.2. The Morgan fingerprint density at radius 3 is 3.00 bits per heavy atom. The molecule has 2 atom stereocenters. The summed E-state index contributed by atoms with van der Waals surface area (Å²) < 4.78 is 1.89. The van der Waals surface area contributed by atoms with Gasteiger partial charge in [0.25, 0.3) is 0 Å². The van der Waals surface area contributed by atoms with E-state index in [1.54, 1.807) is 6.20 Å². The molecule has 0 aromatic carbocycles. The number of pyridine rings is 1. The predicted molar refractivity (Wildman–Crippen MR) is 95.6 cm³/mol. The second-order valence-electron chi connectivity index (χ2n) is 5.83. The normalized spacial score (nSPS) is 20.5. The summed E-state index contributed by atoms with van der Waals surface area (Å²) in [6, 6.07) is 5.87. The van der Waals surface area contributed by atoms with Crippen LogP contribution >= 0.6 is 11.8 Å². The fourth-order valence-corrected chi connectivity index (χ4v) is 4.28. The summed E-state index contributed by atoms with van der Waals surface area (Å²) in [7, 11) is 1.95. The zero-order chi connectivity index (χ0) is 16.4. The van der Waals surface area contributed by atoms with Gasteiger partial charge in [-0.3, -0.25) is 9.67 Å². The first-order valence-electron chi connectivity index (χ1n) is 7.75. The van der Waals surface area contributed by atoms with E-state index >= 15 is 0 Å². The summed E-state index contributed by atoms with van der Waals surface area (Å²) in [5.74, 6) is 1.02. The zero-order valence-corrected chi connectivity index (χ0v) is 14.3. The van der Waals surface area contributed by atoms with Gasteiger partial charge in [0.15, 0.2) is 0 Å². The first-order valence-corrected chi connectivity index (χ1v) is 8.70. The molecule has 3 heterocycles. The molecule has 5 nitrogen and oxygen atoms in total. The fourth-order valence-electron chi connectivity index (χ4n) is 2.89. The quantitative estimate of drug-likeness (QED) is 0.844. The molecule has 0 aliphatic carbocycles. The number of hydrogen-bond donors (Lipinski definition) is 2. The molecule has 6 heteroatoms. The number of anilines is 1. The molecule has 0 bridgehead atoms. The van der Waals surface area contributed by atoms with Crippen LogP contribution in [0.2, 0.25) is 0 Å². The van der Waals surface area contributed by atoms with Crippen LogP contribution in [-0.4, -0.2) is 38.3 Å². The Labute approximate surface area is 140 Å². The first kappa shape index (κ1) is 16.1. The van der Waals surface area contributed by atoms with E-state index in [1.165, 1.54) is 0 Å². The molecule has 0 spiro atoms. The molecule has 122 valence electrons. The molecule has 0 fully saturated rings. The highest BCUT2D eigenvalue weighted by molar-refractivity contribution is 8.00. The molecule has 2 aromatic rings. The van der Waals surface area contributed by atoms with Crippen molar-refractivity contribution in [3.63, 3.8) is 0 Å². The van der Waals surface area contributed by atoms with Crippen molar-refractivity contribution >= 4 is 17.6 Å². The summed E-state index contributed by atoms with van der Waals surface area (Å²) in [5, 5.41) is 18.0. The zero-order valence-electron chi connectivity index (χ0n) is 13.5. The van der Waals surface area contributed by atoms with Crippen LogP contribution in [0.1, 0.15) is 24.2 Å². The molecule has 0 amide bonds. The molecule has 0 saturated heterocycles. The molecule has 0 radical (unpaired) electrons. The van der Waals surface area contributed by atoms with Crippen LogP contribution in [0.4, 0.5) is 5.82 Å². The lowest BCUT2D eigenvalue weighted by Gasteiger charge is -2.20. The van der Waals surface area contributed by atoms with Crippen LogP contribution in [0, 0.1) is 0 Å². The van der Waals surface area contributed by atoms with Gasteiger partial charge in [-0.1, -0.05) is 18.2 Å². The minimum Gasteiger partial charge on any atom is -0.396 e. The molecule has 23 heavy (non-hydrogen) atoms. The maximum absolute atomic E-state index is 9.30. The Hall–Kier alpha value is -1.79. The molecule has 0 saturated carbocycles. The van der Waals surface area contributed by atoms with E-state index in [0.717, 1.165) is 41.3 Å². The van der Waals surface area contributed by atoms with E-state index in [4.69, 9.17) is 5.10 Å². The maximum atomic E-state index is 9.30. The third-order valence-corrected chi connectivity index (χ3v) is 5.68. The minimum absolute atomic E-state index is 0.141. The molecular weight excluding hydrogens is 308 g/mol. The van der Waals surface area contributed by atoms with Crippen LogP contribution in [0.25, 0.3) is 11.4 Å². The summed E-state index contributed by atoms with van der Waals surface area (Å²) >= 11 is 1.85. The van der Waals surface area contributed by atoms with E-state index in [1.807, 2.05) is 41.7 Å². The van der Waals surface area contributed by atoms with Gasteiger partial charge in [-0.25, -0.2) is 0 Å². The van der Waals surface area contributed by atoms with E-state index in [2.05, 4.69) is 23.8 Å². The molecule has 2 N–H and O–H groups in total. The molecule has 3 rings (SSSR count). The van der Waals surface area contributed by atoms with Gasteiger partial charge in [-0.05, 0) is 25.5 Å². The van der Waals surface area contributed by atoms with E-state index in [-0.39, 0.29) is 11.9 Å². The van der Waals surface area contributed by atoms with Crippen molar-refractivity contribution in [3.8, 4) is 11.4 Å². The number of thioether (sulfide) groups is 1. The topological polar surface area (TPSA) is 63.0 Å². The van der Waals surface area contributed by atoms with Crippen molar-refractivity contribution < 1.29 is 5.11 Å². The molecular formula is C17H22N4OS. The molecule has 0 unspecified atom stereocenters. The number of hydrogen-bond acceptors (Lipinski definition) is 5.